The van der Waals surface area contributed by atoms with Gasteiger partial charge in [0.1, 0.15) is 0 Å². The average molecular weight is 205 g/mol. The van der Waals surface area contributed by atoms with E-state index in [1.54, 1.807) is 6.20 Å². The first-order chi connectivity index (χ1) is 7.20. The third kappa shape index (κ3) is 1.91. The number of piperidine rings is 1. The molecule has 2 heterocycles. The van der Waals surface area contributed by atoms with E-state index in [1.165, 1.54) is 19.3 Å². The van der Waals surface area contributed by atoms with E-state index in [1.807, 2.05) is 12.3 Å². The molecule has 0 radical (unpaired) electrons. The summed E-state index contributed by atoms with van der Waals surface area (Å²) in [7, 11) is 0. The number of aromatic nitrogens is 1. The summed E-state index contributed by atoms with van der Waals surface area (Å²) in [6.45, 7) is 4.55. The molecule has 2 N–H and O–H groups in total. The van der Waals surface area contributed by atoms with Crippen LogP contribution in [0, 0.1) is 0 Å². The Bertz CT molecular complexity index is 327. The summed E-state index contributed by atoms with van der Waals surface area (Å²) < 4.78 is 0. The standard InChI is InChI=1S/C12H19N3/c1-9-4-3-5-10(2)15(9)12-6-7-14-8-11(12)13/h6-10H,3-5,13H2,1-2H3. The summed E-state index contributed by atoms with van der Waals surface area (Å²) in [4.78, 5) is 6.47. The maximum absolute atomic E-state index is 5.97. The smallest absolute Gasteiger partial charge is 0.0738 e. The van der Waals surface area contributed by atoms with E-state index in [2.05, 4.69) is 23.7 Å². The molecule has 1 aliphatic heterocycles. The quantitative estimate of drug-likeness (QED) is 0.765. The van der Waals surface area contributed by atoms with Crippen LogP contribution in [0.1, 0.15) is 33.1 Å². The second-order valence-electron chi connectivity index (χ2n) is 4.47. The number of anilines is 2. The minimum absolute atomic E-state index is 0.582. The molecule has 1 saturated heterocycles. The van der Waals surface area contributed by atoms with Crippen LogP contribution >= 0.6 is 0 Å². The Balaban J connectivity index is 2.31. The first-order valence-corrected chi connectivity index (χ1v) is 5.68. The van der Waals surface area contributed by atoms with E-state index in [9.17, 15) is 0 Å². The van der Waals surface area contributed by atoms with Gasteiger partial charge in [0.25, 0.3) is 0 Å². The summed E-state index contributed by atoms with van der Waals surface area (Å²) in [6, 6.07) is 3.19. The van der Waals surface area contributed by atoms with Crippen molar-refractivity contribution in [2.45, 2.75) is 45.2 Å². The van der Waals surface area contributed by atoms with Crippen molar-refractivity contribution in [1.82, 2.24) is 4.98 Å². The number of nitrogens with two attached hydrogens (primary N) is 1. The average Bonchev–Trinajstić information content (AvgIpc) is 2.20. The topological polar surface area (TPSA) is 42.2 Å². The van der Waals surface area contributed by atoms with E-state index in [4.69, 9.17) is 5.73 Å². The molecule has 0 bridgehead atoms. The molecular weight excluding hydrogens is 186 g/mol. The first-order valence-electron chi connectivity index (χ1n) is 5.68. The Labute approximate surface area is 91.3 Å². The van der Waals surface area contributed by atoms with Gasteiger partial charge in [0.05, 0.1) is 17.6 Å². The van der Waals surface area contributed by atoms with Crippen molar-refractivity contribution in [3.63, 3.8) is 0 Å². The lowest BCUT2D eigenvalue weighted by Crippen LogP contribution is -2.44. The minimum atomic E-state index is 0.582. The van der Waals surface area contributed by atoms with E-state index in [0.29, 0.717) is 12.1 Å². The Hall–Kier alpha value is -1.25. The zero-order valence-corrected chi connectivity index (χ0v) is 9.48. The van der Waals surface area contributed by atoms with Crippen molar-refractivity contribution >= 4 is 11.4 Å². The summed E-state index contributed by atoms with van der Waals surface area (Å²) >= 11 is 0. The molecule has 1 aromatic heterocycles. The van der Waals surface area contributed by atoms with Gasteiger partial charge in [-0.05, 0) is 39.2 Å². The highest BCUT2D eigenvalue weighted by atomic mass is 15.2. The molecule has 0 aliphatic carbocycles. The molecule has 0 amide bonds. The van der Waals surface area contributed by atoms with Crippen molar-refractivity contribution < 1.29 is 0 Å². The summed E-state index contributed by atoms with van der Waals surface area (Å²) in [5.41, 5.74) is 7.90. The second-order valence-corrected chi connectivity index (χ2v) is 4.47. The van der Waals surface area contributed by atoms with E-state index >= 15 is 0 Å². The molecule has 2 atom stereocenters. The van der Waals surface area contributed by atoms with Crippen LogP contribution in [0.25, 0.3) is 0 Å². The molecule has 0 aromatic carbocycles. The van der Waals surface area contributed by atoms with Crippen molar-refractivity contribution in [2.75, 3.05) is 10.6 Å². The monoisotopic (exact) mass is 205 g/mol. The summed E-state index contributed by atoms with van der Waals surface area (Å²) in [5, 5.41) is 0. The predicted octanol–water partition coefficient (Wildman–Crippen LogP) is 2.43. The Morgan fingerprint density at radius 1 is 1.33 bits per heavy atom. The Kier molecular flexibility index (Phi) is 2.80. The molecule has 0 spiro atoms. The largest absolute Gasteiger partial charge is 0.396 e. The molecule has 2 rings (SSSR count). The van der Waals surface area contributed by atoms with E-state index in [-0.39, 0.29) is 0 Å². The second kappa shape index (κ2) is 4.09. The van der Waals surface area contributed by atoms with Crippen LogP contribution in [0.15, 0.2) is 18.5 Å². The molecule has 82 valence electrons. The van der Waals surface area contributed by atoms with Gasteiger partial charge < -0.3 is 10.6 Å². The van der Waals surface area contributed by atoms with Crippen molar-refractivity contribution in [1.29, 1.82) is 0 Å². The van der Waals surface area contributed by atoms with Crippen LogP contribution in [0.5, 0.6) is 0 Å². The lowest BCUT2D eigenvalue weighted by molar-refractivity contribution is 0.414. The highest BCUT2D eigenvalue weighted by Gasteiger charge is 2.25. The van der Waals surface area contributed by atoms with Crippen molar-refractivity contribution in [2.24, 2.45) is 0 Å². The zero-order valence-electron chi connectivity index (χ0n) is 9.48. The molecule has 1 aliphatic rings. The fraction of sp³-hybridized carbons (Fsp3) is 0.583. The molecule has 3 heteroatoms. The highest BCUT2D eigenvalue weighted by Crippen LogP contribution is 2.32. The van der Waals surface area contributed by atoms with Crippen LogP contribution in [-0.2, 0) is 0 Å². The van der Waals surface area contributed by atoms with Crippen LogP contribution in [0.3, 0.4) is 0 Å². The van der Waals surface area contributed by atoms with Gasteiger partial charge in [-0.3, -0.25) is 4.98 Å². The Morgan fingerprint density at radius 2 is 2.00 bits per heavy atom. The number of rotatable bonds is 1. The molecule has 1 fully saturated rings. The van der Waals surface area contributed by atoms with Gasteiger partial charge in [-0.15, -0.1) is 0 Å². The molecule has 2 unspecified atom stereocenters. The molecule has 0 saturated carbocycles. The van der Waals surface area contributed by atoms with Crippen LogP contribution in [-0.4, -0.2) is 17.1 Å². The van der Waals surface area contributed by atoms with Gasteiger partial charge >= 0.3 is 0 Å². The van der Waals surface area contributed by atoms with Gasteiger partial charge in [-0.2, -0.15) is 0 Å². The number of hydrogen-bond acceptors (Lipinski definition) is 3. The number of hydrogen-bond donors (Lipinski definition) is 1. The van der Waals surface area contributed by atoms with E-state index in [0.717, 1.165) is 11.4 Å². The van der Waals surface area contributed by atoms with Gasteiger partial charge in [0.15, 0.2) is 0 Å². The van der Waals surface area contributed by atoms with Crippen LogP contribution < -0.4 is 10.6 Å². The minimum Gasteiger partial charge on any atom is -0.396 e. The zero-order chi connectivity index (χ0) is 10.8. The Morgan fingerprint density at radius 3 is 2.60 bits per heavy atom. The number of nitrogens with zero attached hydrogens (tertiary/aromatic N) is 2. The summed E-state index contributed by atoms with van der Waals surface area (Å²) in [6.07, 6.45) is 7.39. The maximum Gasteiger partial charge on any atom is 0.0738 e. The highest BCUT2D eigenvalue weighted by molar-refractivity contribution is 5.67. The third-order valence-electron chi connectivity index (χ3n) is 3.30. The number of pyridine rings is 1. The van der Waals surface area contributed by atoms with Gasteiger partial charge in [0.2, 0.25) is 0 Å². The number of nitrogen functional groups attached to an aromatic ring is 1. The third-order valence-corrected chi connectivity index (χ3v) is 3.30. The fourth-order valence-corrected chi connectivity index (χ4v) is 2.53. The van der Waals surface area contributed by atoms with Crippen molar-refractivity contribution in [3.05, 3.63) is 18.5 Å². The molecule has 3 nitrogen and oxygen atoms in total. The molecule has 1 aromatic rings. The fourth-order valence-electron chi connectivity index (χ4n) is 2.53. The first kappa shape index (κ1) is 10.3. The van der Waals surface area contributed by atoms with Crippen LogP contribution in [0.2, 0.25) is 0 Å². The van der Waals surface area contributed by atoms with Gasteiger partial charge in [-0.25, -0.2) is 0 Å². The summed E-state index contributed by atoms with van der Waals surface area (Å²) in [5.74, 6) is 0. The van der Waals surface area contributed by atoms with Gasteiger partial charge in [0, 0.05) is 18.3 Å². The lowest BCUT2D eigenvalue weighted by Gasteiger charge is -2.41. The predicted molar refractivity (Wildman–Crippen MR) is 63.9 cm³/mol. The molecule has 15 heavy (non-hydrogen) atoms. The maximum atomic E-state index is 5.97. The molecular formula is C12H19N3. The van der Waals surface area contributed by atoms with Gasteiger partial charge in [-0.1, -0.05) is 0 Å². The normalized spacial score (nSPS) is 26.7. The van der Waals surface area contributed by atoms with E-state index < -0.39 is 0 Å². The SMILES string of the molecule is CC1CCCC(C)N1c1ccncc1N. The van der Waals surface area contributed by atoms with Crippen LogP contribution in [0.4, 0.5) is 11.4 Å². The van der Waals surface area contributed by atoms with Crippen molar-refractivity contribution in [3.8, 4) is 0 Å². The lowest BCUT2D eigenvalue weighted by atomic mass is 9.96.